The van der Waals surface area contributed by atoms with E-state index >= 15 is 0 Å². The average molecular weight is 528 g/mol. The lowest BCUT2D eigenvalue weighted by Crippen LogP contribution is -2.38. The van der Waals surface area contributed by atoms with Crippen molar-refractivity contribution in [3.63, 3.8) is 0 Å². The highest BCUT2D eigenvalue weighted by Crippen LogP contribution is 2.39. The number of para-hydroxylation sites is 1. The van der Waals surface area contributed by atoms with Gasteiger partial charge in [-0.05, 0) is 69.3 Å². The van der Waals surface area contributed by atoms with E-state index in [0.29, 0.717) is 36.7 Å². The number of sulfonamides is 1. The molecule has 2 aromatic rings. The molecule has 0 bridgehead atoms. The Balaban J connectivity index is 1.55. The molecule has 37 heavy (non-hydrogen) atoms. The number of hydrogen-bond donors (Lipinski definition) is 3. The summed E-state index contributed by atoms with van der Waals surface area (Å²) in [7, 11) is -4.14. The van der Waals surface area contributed by atoms with E-state index in [1.807, 2.05) is 0 Å². The molecule has 0 aromatic heterocycles. The van der Waals surface area contributed by atoms with Gasteiger partial charge in [-0.1, -0.05) is 38.5 Å². The fourth-order valence-corrected chi connectivity index (χ4v) is 6.62. The van der Waals surface area contributed by atoms with E-state index < -0.39 is 21.4 Å². The first kappa shape index (κ1) is 27.1. The molecule has 0 saturated carbocycles. The Bertz CT molecular complexity index is 1290. The predicted molar refractivity (Wildman–Crippen MR) is 145 cm³/mol. The Morgan fingerprint density at radius 1 is 1.14 bits per heavy atom. The van der Waals surface area contributed by atoms with Crippen LogP contribution in [-0.4, -0.2) is 55.9 Å². The highest BCUT2D eigenvalue weighted by Gasteiger charge is 2.38. The number of anilines is 2. The number of hydrogen-bond acceptors (Lipinski definition) is 6. The molecule has 9 heteroatoms. The van der Waals surface area contributed by atoms with Crippen LogP contribution in [0.1, 0.15) is 79.2 Å². The largest absolute Gasteiger partial charge is 0.478 e. The van der Waals surface area contributed by atoms with Gasteiger partial charge in [-0.3, -0.25) is 9.52 Å². The number of carboxylic acid groups (broad SMARTS) is 1. The molecule has 0 amide bonds. The zero-order valence-corrected chi connectivity index (χ0v) is 22.7. The van der Waals surface area contributed by atoms with Crippen LogP contribution in [0.15, 0.2) is 41.3 Å². The van der Waals surface area contributed by atoms with Crippen molar-refractivity contribution in [2.24, 2.45) is 5.41 Å². The number of Topliss-reactive ketones (excluding diaryl/α,β-unsaturated/α-hetero) is 1. The molecule has 2 aliphatic rings. The smallest absolute Gasteiger partial charge is 0.338 e. The molecular formula is C28H37N3O5S. The molecule has 1 unspecified atom stereocenters. The molecule has 4 rings (SSSR count). The Morgan fingerprint density at radius 2 is 1.89 bits per heavy atom. The summed E-state index contributed by atoms with van der Waals surface area (Å²) in [6.45, 7) is 8.48. The van der Waals surface area contributed by atoms with Crippen molar-refractivity contribution in [1.29, 1.82) is 0 Å². The minimum absolute atomic E-state index is 0.0297. The van der Waals surface area contributed by atoms with Crippen LogP contribution < -0.4 is 10.0 Å². The maximum atomic E-state index is 13.5. The third kappa shape index (κ3) is 5.83. The van der Waals surface area contributed by atoms with E-state index in [4.69, 9.17) is 0 Å². The quantitative estimate of drug-likeness (QED) is 0.392. The lowest BCUT2D eigenvalue weighted by atomic mass is 9.72. The summed E-state index contributed by atoms with van der Waals surface area (Å²) in [4.78, 5) is 27.9. The lowest BCUT2D eigenvalue weighted by molar-refractivity contribution is 0.0684. The minimum Gasteiger partial charge on any atom is -0.478 e. The SMILES string of the molecule is CC1CCCCN1CCCNc1ccccc1S(=O)(=O)Nc1ccc2c(c1C(=O)O)C(=O)C(C)(C)CC2. The van der Waals surface area contributed by atoms with E-state index in [1.165, 1.54) is 31.4 Å². The number of aromatic carboxylic acids is 1. The van der Waals surface area contributed by atoms with Crippen LogP contribution >= 0.6 is 0 Å². The molecule has 2 aromatic carbocycles. The number of piperidine rings is 1. The third-order valence-electron chi connectivity index (χ3n) is 7.67. The van der Waals surface area contributed by atoms with Crippen molar-refractivity contribution in [2.75, 3.05) is 29.7 Å². The maximum absolute atomic E-state index is 13.5. The highest BCUT2D eigenvalue weighted by atomic mass is 32.2. The number of benzene rings is 2. The van der Waals surface area contributed by atoms with Gasteiger partial charge in [0.2, 0.25) is 0 Å². The van der Waals surface area contributed by atoms with Gasteiger partial charge in [0.15, 0.2) is 5.78 Å². The molecule has 1 aliphatic carbocycles. The van der Waals surface area contributed by atoms with E-state index in [1.54, 1.807) is 38.1 Å². The van der Waals surface area contributed by atoms with Crippen molar-refractivity contribution in [1.82, 2.24) is 4.90 Å². The predicted octanol–water partition coefficient (Wildman–Crippen LogP) is 5.02. The number of ketones is 1. The number of nitrogens with zero attached hydrogens (tertiary/aromatic N) is 1. The first-order valence-electron chi connectivity index (χ1n) is 13.0. The maximum Gasteiger partial charge on any atom is 0.338 e. The monoisotopic (exact) mass is 527 g/mol. The van der Waals surface area contributed by atoms with E-state index in [9.17, 15) is 23.1 Å². The van der Waals surface area contributed by atoms with Gasteiger partial charge in [-0.15, -0.1) is 0 Å². The molecule has 8 nitrogen and oxygen atoms in total. The Kier molecular flexibility index (Phi) is 7.94. The van der Waals surface area contributed by atoms with Gasteiger partial charge in [0, 0.05) is 30.1 Å². The normalized spacial score (nSPS) is 19.8. The van der Waals surface area contributed by atoms with Crippen LogP contribution in [0, 0.1) is 5.41 Å². The highest BCUT2D eigenvalue weighted by molar-refractivity contribution is 7.92. The fraction of sp³-hybridized carbons (Fsp3) is 0.500. The van der Waals surface area contributed by atoms with Gasteiger partial charge in [0.1, 0.15) is 4.90 Å². The standard InChI is InChI=1S/C28H37N3O5S/c1-19-9-6-7-17-31(19)18-8-16-29-21-10-4-5-11-23(21)37(35,36)30-22-13-12-20-14-15-28(2,3)26(32)24(20)25(22)27(33)34/h4-5,10-13,19,29-30H,6-9,14-18H2,1-3H3,(H,33,34). The summed E-state index contributed by atoms with van der Waals surface area (Å²) < 4.78 is 29.4. The summed E-state index contributed by atoms with van der Waals surface area (Å²) >= 11 is 0. The number of carboxylic acids is 1. The number of likely N-dealkylation sites (tertiary alicyclic amines) is 1. The van der Waals surface area contributed by atoms with Crippen LogP contribution in [0.25, 0.3) is 0 Å². The van der Waals surface area contributed by atoms with E-state index in [2.05, 4.69) is 21.9 Å². The molecule has 1 atom stereocenters. The van der Waals surface area contributed by atoms with Gasteiger partial charge in [0.05, 0.1) is 16.9 Å². The molecule has 1 heterocycles. The number of carbonyl (C=O) groups is 2. The number of aryl methyl sites for hydroxylation is 1. The van der Waals surface area contributed by atoms with Crippen molar-refractivity contribution in [3.8, 4) is 0 Å². The van der Waals surface area contributed by atoms with Gasteiger partial charge in [0.25, 0.3) is 10.0 Å². The Labute approximate surface area is 219 Å². The third-order valence-corrected chi connectivity index (χ3v) is 9.09. The number of carbonyl (C=O) groups excluding carboxylic acids is 1. The summed E-state index contributed by atoms with van der Waals surface area (Å²) in [5.74, 6) is -1.61. The van der Waals surface area contributed by atoms with Gasteiger partial charge in [-0.25, -0.2) is 13.2 Å². The summed E-state index contributed by atoms with van der Waals surface area (Å²) in [6.07, 6.45) is 5.74. The summed E-state index contributed by atoms with van der Waals surface area (Å²) in [5.41, 5.74) is 0.0777. The van der Waals surface area contributed by atoms with E-state index in [-0.39, 0.29) is 27.5 Å². The van der Waals surface area contributed by atoms with Crippen molar-refractivity contribution in [3.05, 3.63) is 53.1 Å². The summed E-state index contributed by atoms with van der Waals surface area (Å²) in [6, 6.07) is 10.3. The van der Waals surface area contributed by atoms with Crippen LogP contribution in [0.5, 0.6) is 0 Å². The Hall–Kier alpha value is -2.91. The molecule has 0 radical (unpaired) electrons. The lowest BCUT2D eigenvalue weighted by Gasteiger charge is -2.33. The Morgan fingerprint density at radius 3 is 2.62 bits per heavy atom. The molecular weight excluding hydrogens is 490 g/mol. The second kappa shape index (κ2) is 10.8. The molecule has 1 aliphatic heterocycles. The second-order valence-corrected chi connectivity index (χ2v) is 12.5. The minimum atomic E-state index is -4.14. The first-order chi connectivity index (χ1) is 17.5. The van der Waals surface area contributed by atoms with E-state index in [0.717, 1.165) is 19.5 Å². The van der Waals surface area contributed by atoms with Crippen molar-refractivity contribution in [2.45, 2.75) is 70.2 Å². The van der Waals surface area contributed by atoms with Crippen LogP contribution in [0.4, 0.5) is 11.4 Å². The van der Waals surface area contributed by atoms with Gasteiger partial charge < -0.3 is 15.3 Å². The molecule has 1 fully saturated rings. The number of rotatable bonds is 9. The van der Waals surface area contributed by atoms with Gasteiger partial charge >= 0.3 is 5.97 Å². The zero-order valence-electron chi connectivity index (χ0n) is 21.8. The topological polar surface area (TPSA) is 116 Å². The number of fused-ring (bicyclic) bond motifs is 1. The van der Waals surface area contributed by atoms with Gasteiger partial charge in [-0.2, -0.15) is 0 Å². The van der Waals surface area contributed by atoms with Crippen LogP contribution in [-0.2, 0) is 16.4 Å². The van der Waals surface area contributed by atoms with Crippen molar-refractivity contribution < 1.29 is 23.1 Å². The zero-order chi connectivity index (χ0) is 26.8. The number of nitrogens with one attached hydrogen (secondary N) is 2. The van der Waals surface area contributed by atoms with Crippen molar-refractivity contribution >= 4 is 33.2 Å². The first-order valence-corrected chi connectivity index (χ1v) is 14.5. The molecule has 3 N–H and O–H groups in total. The van der Waals surface area contributed by atoms with Crippen LogP contribution in [0.2, 0.25) is 0 Å². The molecule has 1 saturated heterocycles. The fourth-order valence-electron chi connectivity index (χ4n) is 5.36. The average Bonchev–Trinajstić information content (AvgIpc) is 2.85. The molecule has 200 valence electrons. The second-order valence-electron chi connectivity index (χ2n) is 10.8. The van der Waals surface area contributed by atoms with Crippen LogP contribution in [0.3, 0.4) is 0 Å². The molecule has 0 spiro atoms. The summed E-state index contributed by atoms with van der Waals surface area (Å²) in [5, 5.41) is 13.2.